The van der Waals surface area contributed by atoms with Gasteiger partial charge in [-0.15, -0.1) is 10.2 Å². The number of H-pyrrole nitrogens is 1. The number of nitrogens with zero attached hydrogens (tertiary/aromatic N) is 2. The molecule has 4 aromatic rings. The van der Waals surface area contributed by atoms with Gasteiger partial charge in [0.05, 0.1) is 11.4 Å². The normalized spacial score (nSPS) is 11.0. The summed E-state index contributed by atoms with van der Waals surface area (Å²) in [6.45, 7) is 5.14. The maximum Gasteiger partial charge on any atom is 0.189 e. The molecule has 0 aliphatic rings. The fraction of sp³-hybridized carbons (Fsp3) is 0.167. The van der Waals surface area contributed by atoms with Crippen LogP contribution in [0.1, 0.15) is 39.0 Å². The van der Waals surface area contributed by atoms with Crippen LogP contribution in [0.2, 0.25) is 0 Å². The monoisotopic (exact) mass is 415 g/mol. The zero-order valence-electron chi connectivity index (χ0n) is 17.0. The molecule has 2 heterocycles. The van der Waals surface area contributed by atoms with Gasteiger partial charge in [-0.1, -0.05) is 66.4 Å². The number of aromatic amines is 1. The molecule has 0 atom stereocenters. The highest BCUT2D eigenvalue weighted by Crippen LogP contribution is 2.32. The van der Waals surface area contributed by atoms with Crippen molar-refractivity contribution in [3.05, 3.63) is 77.1 Å². The second kappa shape index (κ2) is 8.24. The number of aromatic nitrogens is 3. The van der Waals surface area contributed by atoms with E-state index in [1.165, 1.54) is 18.7 Å². The Hall–Kier alpha value is -3.25. The molecule has 6 heteroatoms. The number of hydrogen-bond acceptors (Lipinski definition) is 5. The van der Waals surface area contributed by atoms with Gasteiger partial charge in [0.1, 0.15) is 10.7 Å². The number of rotatable bonds is 6. The standard InChI is InChI=1S/C24H21N3O2S/c1-14-21(16(3)28)15(2)25-22(14)20(29)13-30-24-19-12-8-7-11-18(19)23(26-27-24)17-9-5-4-6-10-17/h4-12,25H,13H2,1-3H3. The number of thioether (sulfide) groups is 1. The van der Waals surface area contributed by atoms with E-state index in [-0.39, 0.29) is 17.3 Å². The van der Waals surface area contributed by atoms with E-state index < -0.39 is 0 Å². The number of hydrogen-bond donors (Lipinski definition) is 1. The summed E-state index contributed by atoms with van der Waals surface area (Å²) in [5.74, 6) is 0.106. The molecule has 0 spiro atoms. The highest BCUT2D eigenvalue weighted by molar-refractivity contribution is 8.00. The van der Waals surface area contributed by atoms with Crippen molar-refractivity contribution in [2.24, 2.45) is 0 Å². The third kappa shape index (κ3) is 3.66. The molecule has 2 aromatic heterocycles. The van der Waals surface area contributed by atoms with E-state index in [0.717, 1.165) is 27.7 Å². The summed E-state index contributed by atoms with van der Waals surface area (Å²) in [5.41, 5.74) is 4.35. The van der Waals surface area contributed by atoms with Gasteiger partial charge in [-0.25, -0.2) is 0 Å². The fourth-order valence-electron chi connectivity index (χ4n) is 3.76. The Balaban J connectivity index is 1.64. The zero-order chi connectivity index (χ0) is 21.3. The van der Waals surface area contributed by atoms with Crippen molar-refractivity contribution in [2.75, 3.05) is 5.75 Å². The number of benzene rings is 2. The Morgan fingerprint density at radius 2 is 1.60 bits per heavy atom. The largest absolute Gasteiger partial charge is 0.355 e. The first kappa shape index (κ1) is 20.0. The number of aryl methyl sites for hydroxylation is 1. The van der Waals surface area contributed by atoms with E-state index in [2.05, 4.69) is 15.2 Å². The van der Waals surface area contributed by atoms with Crippen molar-refractivity contribution in [2.45, 2.75) is 25.8 Å². The lowest BCUT2D eigenvalue weighted by Crippen LogP contribution is -2.06. The number of carbonyl (C=O) groups is 2. The lowest BCUT2D eigenvalue weighted by Gasteiger charge is -2.09. The van der Waals surface area contributed by atoms with Gasteiger partial charge >= 0.3 is 0 Å². The Morgan fingerprint density at radius 1 is 0.933 bits per heavy atom. The fourth-order valence-corrected chi connectivity index (χ4v) is 4.60. The van der Waals surface area contributed by atoms with Crippen LogP contribution in [0.3, 0.4) is 0 Å². The quantitative estimate of drug-likeness (QED) is 0.336. The van der Waals surface area contributed by atoms with Gasteiger partial charge in [0.15, 0.2) is 11.6 Å². The summed E-state index contributed by atoms with van der Waals surface area (Å²) >= 11 is 1.36. The first-order valence-corrected chi connectivity index (χ1v) is 10.6. The molecule has 4 rings (SSSR count). The zero-order valence-corrected chi connectivity index (χ0v) is 17.8. The number of ketones is 2. The van der Waals surface area contributed by atoms with E-state index in [1.807, 2.05) is 68.4 Å². The molecular weight excluding hydrogens is 394 g/mol. The van der Waals surface area contributed by atoms with Crippen LogP contribution in [0, 0.1) is 13.8 Å². The number of carbonyl (C=O) groups excluding carboxylic acids is 2. The van der Waals surface area contributed by atoms with Crippen LogP contribution in [0.25, 0.3) is 22.0 Å². The molecule has 0 radical (unpaired) electrons. The second-order valence-corrected chi connectivity index (χ2v) is 8.12. The van der Waals surface area contributed by atoms with Gasteiger partial charge in [-0.05, 0) is 26.3 Å². The van der Waals surface area contributed by atoms with E-state index in [1.54, 1.807) is 0 Å². The Kier molecular flexibility index (Phi) is 5.50. The molecule has 0 amide bonds. The molecule has 2 aromatic carbocycles. The van der Waals surface area contributed by atoms with Crippen LogP contribution in [0.15, 0.2) is 59.6 Å². The Labute approximate surface area is 178 Å². The summed E-state index contributed by atoms with van der Waals surface area (Å²) in [6.07, 6.45) is 0. The van der Waals surface area contributed by atoms with E-state index in [0.29, 0.717) is 21.8 Å². The summed E-state index contributed by atoms with van der Waals surface area (Å²) in [6, 6.07) is 17.9. The van der Waals surface area contributed by atoms with Crippen LogP contribution < -0.4 is 0 Å². The molecule has 0 aliphatic carbocycles. The van der Waals surface area contributed by atoms with Gasteiger partial charge < -0.3 is 4.98 Å². The third-order valence-corrected chi connectivity index (χ3v) is 6.09. The molecule has 30 heavy (non-hydrogen) atoms. The topological polar surface area (TPSA) is 75.7 Å². The van der Waals surface area contributed by atoms with Crippen molar-refractivity contribution in [1.29, 1.82) is 0 Å². The third-order valence-electron chi connectivity index (χ3n) is 5.11. The van der Waals surface area contributed by atoms with Gasteiger partial charge in [0.2, 0.25) is 0 Å². The van der Waals surface area contributed by atoms with Crippen LogP contribution in [-0.2, 0) is 0 Å². The van der Waals surface area contributed by atoms with E-state index >= 15 is 0 Å². The van der Waals surface area contributed by atoms with Crippen LogP contribution in [0.4, 0.5) is 0 Å². The SMILES string of the molecule is CC(=O)c1c(C)[nH]c(C(=O)CSc2nnc(-c3ccccc3)c3ccccc23)c1C. The highest BCUT2D eigenvalue weighted by atomic mass is 32.2. The van der Waals surface area contributed by atoms with Crippen molar-refractivity contribution < 1.29 is 9.59 Å². The molecule has 0 bridgehead atoms. The molecular formula is C24H21N3O2S. The maximum atomic E-state index is 12.8. The molecule has 0 fully saturated rings. The number of Topliss-reactive ketones (excluding diaryl/α,β-unsaturated/α-hetero) is 2. The minimum atomic E-state index is -0.0638. The van der Waals surface area contributed by atoms with Crippen molar-refractivity contribution >= 4 is 34.1 Å². The lowest BCUT2D eigenvalue weighted by molar-refractivity contribution is 0.101. The number of nitrogens with one attached hydrogen (secondary N) is 1. The predicted octanol–water partition coefficient (Wildman–Crippen LogP) is 5.42. The molecule has 0 saturated carbocycles. The minimum absolute atomic E-state index is 0.0404. The molecule has 1 N–H and O–H groups in total. The average molecular weight is 416 g/mol. The summed E-state index contributed by atoms with van der Waals surface area (Å²) in [4.78, 5) is 27.8. The molecule has 0 saturated heterocycles. The highest BCUT2D eigenvalue weighted by Gasteiger charge is 2.20. The summed E-state index contributed by atoms with van der Waals surface area (Å²) in [7, 11) is 0. The first-order chi connectivity index (χ1) is 14.5. The Morgan fingerprint density at radius 3 is 2.27 bits per heavy atom. The van der Waals surface area contributed by atoms with Gasteiger partial charge in [-0.3, -0.25) is 9.59 Å². The average Bonchev–Trinajstić information content (AvgIpc) is 3.06. The Bertz CT molecular complexity index is 1260. The van der Waals surface area contributed by atoms with E-state index in [9.17, 15) is 9.59 Å². The van der Waals surface area contributed by atoms with Crippen LogP contribution >= 0.6 is 11.8 Å². The lowest BCUT2D eigenvalue weighted by atomic mass is 10.1. The second-order valence-electron chi connectivity index (χ2n) is 7.16. The van der Waals surface area contributed by atoms with Crippen molar-refractivity contribution in [1.82, 2.24) is 15.2 Å². The number of fused-ring (bicyclic) bond motifs is 1. The predicted molar refractivity (Wildman–Crippen MR) is 120 cm³/mol. The molecule has 0 aliphatic heterocycles. The van der Waals surface area contributed by atoms with Crippen molar-refractivity contribution in [3.63, 3.8) is 0 Å². The minimum Gasteiger partial charge on any atom is -0.355 e. The maximum absolute atomic E-state index is 12.8. The van der Waals surface area contributed by atoms with Gasteiger partial charge in [0.25, 0.3) is 0 Å². The smallest absolute Gasteiger partial charge is 0.189 e. The van der Waals surface area contributed by atoms with Crippen molar-refractivity contribution in [3.8, 4) is 11.3 Å². The molecule has 150 valence electrons. The summed E-state index contributed by atoms with van der Waals surface area (Å²) < 4.78 is 0. The van der Waals surface area contributed by atoms with Crippen LogP contribution in [0.5, 0.6) is 0 Å². The van der Waals surface area contributed by atoms with Gasteiger partial charge in [0, 0.05) is 27.6 Å². The molecule has 5 nitrogen and oxygen atoms in total. The van der Waals surface area contributed by atoms with Gasteiger partial charge in [-0.2, -0.15) is 0 Å². The first-order valence-electron chi connectivity index (χ1n) is 9.64. The summed E-state index contributed by atoms with van der Waals surface area (Å²) in [5, 5.41) is 11.6. The molecule has 0 unspecified atom stereocenters. The van der Waals surface area contributed by atoms with E-state index in [4.69, 9.17) is 0 Å². The van der Waals surface area contributed by atoms with Crippen LogP contribution in [-0.4, -0.2) is 32.5 Å².